The van der Waals surface area contributed by atoms with Crippen molar-refractivity contribution in [3.05, 3.63) is 30.1 Å². The van der Waals surface area contributed by atoms with E-state index < -0.39 is 12.1 Å². The topological polar surface area (TPSA) is 73.7 Å². The first kappa shape index (κ1) is 13.6. The molecule has 0 aliphatic heterocycles. The lowest BCUT2D eigenvalue weighted by molar-refractivity contribution is -0.139. The van der Waals surface area contributed by atoms with Crippen molar-refractivity contribution >= 4 is 5.97 Å². The summed E-state index contributed by atoms with van der Waals surface area (Å²) in [5, 5.41) is 18.0. The SMILES string of the molecule is CN(CCc1cccnc1)CC(O)CC(=O)O. The average molecular weight is 238 g/mol. The van der Waals surface area contributed by atoms with Gasteiger partial charge in [0, 0.05) is 25.5 Å². The van der Waals surface area contributed by atoms with Gasteiger partial charge in [0.1, 0.15) is 0 Å². The van der Waals surface area contributed by atoms with E-state index in [0.29, 0.717) is 6.54 Å². The van der Waals surface area contributed by atoms with E-state index in [1.807, 2.05) is 30.3 Å². The first-order chi connectivity index (χ1) is 8.08. The maximum atomic E-state index is 10.4. The Balaban J connectivity index is 2.25. The molecule has 1 atom stereocenters. The summed E-state index contributed by atoms with van der Waals surface area (Å²) >= 11 is 0. The van der Waals surface area contributed by atoms with Crippen molar-refractivity contribution < 1.29 is 15.0 Å². The van der Waals surface area contributed by atoms with Crippen LogP contribution in [0.1, 0.15) is 12.0 Å². The molecule has 1 aromatic heterocycles. The lowest BCUT2D eigenvalue weighted by Gasteiger charge is -2.19. The van der Waals surface area contributed by atoms with Crippen LogP contribution in [0.3, 0.4) is 0 Å². The monoisotopic (exact) mass is 238 g/mol. The van der Waals surface area contributed by atoms with Gasteiger partial charge < -0.3 is 15.1 Å². The van der Waals surface area contributed by atoms with Crippen molar-refractivity contribution in [3.8, 4) is 0 Å². The van der Waals surface area contributed by atoms with Gasteiger partial charge in [-0.15, -0.1) is 0 Å². The third-order valence-electron chi connectivity index (χ3n) is 2.44. The van der Waals surface area contributed by atoms with E-state index in [4.69, 9.17) is 5.11 Å². The van der Waals surface area contributed by atoms with Crippen LogP contribution in [0.5, 0.6) is 0 Å². The molecule has 0 bridgehead atoms. The van der Waals surface area contributed by atoms with Crippen molar-refractivity contribution in [1.82, 2.24) is 9.88 Å². The average Bonchev–Trinajstić information content (AvgIpc) is 2.26. The van der Waals surface area contributed by atoms with Gasteiger partial charge >= 0.3 is 5.97 Å². The smallest absolute Gasteiger partial charge is 0.306 e. The number of rotatable bonds is 7. The first-order valence-corrected chi connectivity index (χ1v) is 5.55. The standard InChI is InChI=1S/C12H18N2O3/c1-14(9-11(15)7-12(16)17)6-4-10-3-2-5-13-8-10/h2-3,5,8,11,15H,4,6-7,9H2,1H3,(H,16,17). The van der Waals surface area contributed by atoms with E-state index in [0.717, 1.165) is 18.5 Å². The number of aliphatic carboxylic acids is 1. The lowest BCUT2D eigenvalue weighted by Crippen LogP contribution is -2.32. The number of carboxylic acid groups (broad SMARTS) is 1. The van der Waals surface area contributed by atoms with Crippen LogP contribution in [0.25, 0.3) is 0 Å². The highest BCUT2D eigenvalue weighted by Gasteiger charge is 2.11. The largest absolute Gasteiger partial charge is 0.481 e. The second-order valence-corrected chi connectivity index (χ2v) is 4.13. The Kier molecular flexibility index (Phi) is 5.59. The number of aliphatic hydroxyl groups is 1. The van der Waals surface area contributed by atoms with Crippen LogP contribution in [0.2, 0.25) is 0 Å². The fraction of sp³-hybridized carbons (Fsp3) is 0.500. The molecule has 1 unspecified atom stereocenters. The van der Waals surface area contributed by atoms with Crippen LogP contribution < -0.4 is 0 Å². The number of nitrogens with zero attached hydrogens (tertiary/aromatic N) is 2. The molecular formula is C12H18N2O3. The van der Waals surface area contributed by atoms with Crippen molar-refractivity contribution in [2.75, 3.05) is 20.1 Å². The lowest BCUT2D eigenvalue weighted by atomic mass is 10.2. The first-order valence-electron chi connectivity index (χ1n) is 5.55. The van der Waals surface area contributed by atoms with Gasteiger partial charge in [-0.25, -0.2) is 0 Å². The van der Waals surface area contributed by atoms with Crippen molar-refractivity contribution in [1.29, 1.82) is 0 Å². The molecule has 0 amide bonds. The second-order valence-electron chi connectivity index (χ2n) is 4.13. The number of hydrogen-bond acceptors (Lipinski definition) is 4. The highest BCUT2D eigenvalue weighted by atomic mass is 16.4. The maximum absolute atomic E-state index is 10.4. The Morgan fingerprint density at radius 3 is 2.94 bits per heavy atom. The molecule has 0 aliphatic rings. The predicted octanol–water partition coefficient (Wildman–Crippen LogP) is 0.392. The molecule has 5 heteroatoms. The zero-order valence-electron chi connectivity index (χ0n) is 9.91. The molecule has 1 heterocycles. The van der Waals surface area contributed by atoms with Crippen molar-refractivity contribution in [3.63, 3.8) is 0 Å². The summed E-state index contributed by atoms with van der Waals surface area (Å²) < 4.78 is 0. The summed E-state index contributed by atoms with van der Waals surface area (Å²) in [4.78, 5) is 16.3. The van der Waals surface area contributed by atoms with Crippen LogP contribution in [0.15, 0.2) is 24.5 Å². The third kappa shape index (κ3) is 5.99. The van der Waals surface area contributed by atoms with E-state index in [-0.39, 0.29) is 6.42 Å². The summed E-state index contributed by atoms with van der Waals surface area (Å²) in [5.74, 6) is -0.974. The number of aromatic nitrogens is 1. The quantitative estimate of drug-likeness (QED) is 0.719. The second kappa shape index (κ2) is 6.98. The van der Waals surface area contributed by atoms with Gasteiger partial charge in [-0.1, -0.05) is 6.07 Å². The van der Waals surface area contributed by atoms with Gasteiger partial charge in [-0.2, -0.15) is 0 Å². The molecular weight excluding hydrogens is 220 g/mol. The Morgan fingerprint density at radius 1 is 1.59 bits per heavy atom. The number of aliphatic hydroxyl groups excluding tert-OH is 1. The van der Waals surface area contributed by atoms with E-state index in [1.165, 1.54) is 0 Å². The van der Waals surface area contributed by atoms with E-state index in [1.54, 1.807) is 6.20 Å². The Labute approximate surface area is 101 Å². The zero-order chi connectivity index (χ0) is 12.7. The molecule has 0 spiro atoms. The minimum Gasteiger partial charge on any atom is -0.481 e. The molecule has 0 saturated carbocycles. The molecule has 17 heavy (non-hydrogen) atoms. The van der Waals surface area contributed by atoms with Gasteiger partial charge in [0.05, 0.1) is 12.5 Å². The summed E-state index contributed by atoms with van der Waals surface area (Å²) in [6.07, 6.45) is 3.35. The maximum Gasteiger partial charge on any atom is 0.306 e. The van der Waals surface area contributed by atoms with Gasteiger partial charge in [-0.05, 0) is 25.1 Å². The van der Waals surface area contributed by atoms with E-state index in [9.17, 15) is 9.90 Å². The van der Waals surface area contributed by atoms with E-state index in [2.05, 4.69) is 4.98 Å². The van der Waals surface area contributed by atoms with Crippen LogP contribution in [0, 0.1) is 0 Å². The molecule has 0 saturated heterocycles. The number of hydrogen-bond donors (Lipinski definition) is 2. The minimum absolute atomic E-state index is 0.211. The minimum atomic E-state index is -0.974. The van der Waals surface area contributed by atoms with Crippen LogP contribution in [-0.2, 0) is 11.2 Å². The molecule has 1 aromatic rings. The Bertz CT molecular complexity index is 343. The third-order valence-corrected chi connectivity index (χ3v) is 2.44. The van der Waals surface area contributed by atoms with Crippen LogP contribution >= 0.6 is 0 Å². The number of pyridine rings is 1. The zero-order valence-corrected chi connectivity index (χ0v) is 9.91. The van der Waals surface area contributed by atoms with Crippen molar-refractivity contribution in [2.24, 2.45) is 0 Å². The van der Waals surface area contributed by atoms with Crippen molar-refractivity contribution in [2.45, 2.75) is 18.9 Å². The predicted molar refractivity (Wildman–Crippen MR) is 63.7 cm³/mol. The van der Waals surface area contributed by atoms with E-state index >= 15 is 0 Å². The number of carbonyl (C=O) groups is 1. The summed E-state index contributed by atoms with van der Waals surface area (Å²) in [7, 11) is 1.86. The molecule has 0 fully saturated rings. The molecule has 2 N–H and O–H groups in total. The molecule has 1 rings (SSSR count). The summed E-state index contributed by atoms with van der Waals surface area (Å²) in [6.45, 7) is 1.13. The van der Waals surface area contributed by atoms with Gasteiger partial charge in [-0.3, -0.25) is 9.78 Å². The molecule has 94 valence electrons. The fourth-order valence-electron chi connectivity index (χ4n) is 1.58. The Morgan fingerprint density at radius 2 is 2.35 bits per heavy atom. The normalized spacial score (nSPS) is 12.6. The summed E-state index contributed by atoms with van der Waals surface area (Å²) in [5.41, 5.74) is 1.13. The molecule has 0 radical (unpaired) electrons. The van der Waals surface area contributed by atoms with Gasteiger partial charge in [0.25, 0.3) is 0 Å². The highest BCUT2D eigenvalue weighted by molar-refractivity contribution is 5.67. The highest BCUT2D eigenvalue weighted by Crippen LogP contribution is 2.00. The molecule has 0 aromatic carbocycles. The summed E-state index contributed by atoms with van der Waals surface area (Å²) in [6, 6.07) is 3.88. The Hall–Kier alpha value is -1.46. The van der Waals surface area contributed by atoms with Crippen LogP contribution in [-0.4, -0.2) is 52.3 Å². The number of likely N-dealkylation sites (N-methyl/N-ethyl adjacent to an activating group) is 1. The molecule has 0 aliphatic carbocycles. The van der Waals surface area contributed by atoms with Gasteiger partial charge in [0.2, 0.25) is 0 Å². The molecule has 5 nitrogen and oxygen atoms in total. The number of carboxylic acids is 1. The van der Waals surface area contributed by atoms with Crippen LogP contribution in [0.4, 0.5) is 0 Å². The van der Waals surface area contributed by atoms with Gasteiger partial charge in [0.15, 0.2) is 0 Å². The fourth-order valence-corrected chi connectivity index (χ4v) is 1.58.